The summed E-state index contributed by atoms with van der Waals surface area (Å²) in [4.78, 5) is 11.2. The predicted octanol–water partition coefficient (Wildman–Crippen LogP) is 3.73. The molecule has 1 aromatic rings. The van der Waals surface area contributed by atoms with Crippen LogP contribution < -0.4 is 5.32 Å². The average molecular weight is 319 g/mol. The second kappa shape index (κ2) is 5.32. The molecule has 74 valence electrons. The van der Waals surface area contributed by atoms with Crippen LogP contribution in [0.15, 0.2) is 39.3 Å². The number of carbonyl (C=O) groups is 1. The van der Waals surface area contributed by atoms with Crippen molar-refractivity contribution in [3.63, 3.8) is 0 Å². The Labute approximate surface area is 99.6 Å². The predicted molar refractivity (Wildman–Crippen MR) is 65.3 cm³/mol. The number of amides is 1. The lowest BCUT2D eigenvalue weighted by atomic mass is 10.3. The first-order valence-corrected chi connectivity index (χ1v) is 5.60. The van der Waals surface area contributed by atoms with Crippen LogP contribution in [0.3, 0.4) is 0 Å². The average Bonchev–Trinajstić information content (AvgIpc) is 2.01. The van der Waals surface area contributed by atoms with E-state index >= 15 is 0 Å². The summed E-state index contributed by atoms with van der Waals surface area (Å²) < 4.78 is 1.84. The Morgan fingerprint density at radius 3 is 2.36 bits per heavy atom. The van der Waals surface area contributed by atoms with Crippen LogP contribution in [-0.4, -0.2) is 5.91 Å². The molecule has 0 atom stereocenters. The van der Waals surface area contributed by atoms with E-state index in [0.29, 0.717) is 0 Å². The number of allylic oxidation sites excluding steroid dienone is 1. The van der Waals surface area contributed by atoms with Gasteiger partial charge in [0, 0.05) is 14.6 Å². The molecular formula is C10H9Br2NO. The third-order valence-corrected chi connectivity index (χ3v) is 2.36. The molecule has 0 unspecified atom stereocenters. The van der Waals surface area contributed by atoms with Crippen LogP contribution in [0.2, 0.25) is 0 Å². The van der Waals surface area contributed by atoms with Gasteiger partial charge in [0.05, 0.1) is 0 Å². The van der Waals surface area contributed by atoms with Crippen LogP contribution in [0.5, 0.6) is 0 Å². The first-order chi connectivity index (χ1) is 6.61. The van der Waals surface area contributed by atoms with Crippen molar-refractivity contribution < 1.29 is 4.79 Å². The zero-order valence-corrected chi connectivity index (χ0v) is 10.7. The van der Waals surface area contributed by atoms with E-state index in [1.165, 1.54) is 6.08 Å². The highest BCUT2D eigenvalue weighted by Gasteiger charge is 1.99. The van der Waals surface area contributed by atoms with E-state index < -0.39 is 0 Å². The summed E-state index contributed by atoms with van der Waals surface area (Å²) in [6, 6.07) is 5.59. The molecule has 1 rings (SSSR count). The van der Waals surface area contributed by atoms with Crippen LogP contribution in [0, 0.1) is 0 Å². The normalized spacial score (nSPS) is 10.5. The maximum atomic E-state index is 11.2. The summed E-state index contributed by atoms with van der Waals surface area (Å²) in [5, 5.41) is 2.74. The van der Waals surface area contributed by atoms with Gasteiger partial charge in [0.2, 0.25) is 5.91 Å². The summed E-state index contributed by atoms with van der Waals surface area (Å²) in [5.41, 5.74) is 0.759. The highest BCUT2D eigenvalue weighted by molar-refractivity contribution is 9.11. The highest BCUT2D eigenvalue weighted by atomic mass is 79.9. The number of benzene rings is 1. The van der Waals surface area contributed by atoms with E-state index in [1.54, 1.807) is 13.0 Å². The Balaban J connectivity index is 2.81. The van der Waals surface area contributed by atoms with Gasteiger partial charge in [0.15, 0.2) is 0 Å². The minimum Gasteiger partial charge on any atom is -0.322 e. The molecular weight excluding hydrogens is 310 g/mol. The Morgan fingerprint density at radius 1 is 1.29 bits per heavy atom. The molecule has 0 spiro atoms. The molecule has 1 aromatic carbocycles. The lowest BCUT2D eigenvalue weighted by Crippen LogP contribution is -2.07. The summed E-state index contributed by atoms with van der Waals surface area (Å²) in [6.45, 7) is 1.80. The first-order valence-electron chi connectivity index (χ1n) is 4.01. The molecule has 0 saturated heterocycles. The molecule has 0 heterocycles. The SMILES string of the molecule is C/C=C/C(=O)Nc1cc(Br)cc(Br)c1. The molecule has 0 aromatic heterocycles. The first kappa shape index (κ1) is 11.5. The summed E-state index contributed by atoms with van der Waals surface area (Å²) >= 11 is 6.69. The van der Waals surface area contributed by atoms with Crippen molar-refractivity contribution in [3.8, 4) is 0 Å². The Kier molecular flexibility index (Phi) is 4.35. The molecule has 0 aliphatic rings. The van der Waals surface area contributed by atoms with Crippen molar-refractivity contribution in [1.82, 2.24) is 0 Å². The van der Waals surface area contributed by atoms with Gasteiger partial charge in [-0.05, 0) is 31.2 Å². The molecule has 0 bridgehead atoms. The van der Waals surface area contributed by atoms with Gasteiger partial charge < -0.3 is 5.32 Å². The fourth-order valence-electron chi connectivity index (χ4n) is 0.961. The fraction of sp³-hybridized carbons (Fsp3) is 0.100. The lowest BCUT2D eigenvalue weighted by molar-refractivity contribution is -0.111. The van der Waals surface area contributed by atoms with Crippen molar-refractivity contribution in [2.24, 2.45) is 0 Å². The van der Waals surface area contributed by atoms with Gasteiger partial charge >= 0.3 is 0 Å². The van der Waals surface area contributed by atoms with Crippen molar-refractivity contribution in [2.45, 2.75) is 6.92 Å². The zero-order valence-electron chi connectivity index (χ0n) is 7.55. The van der Waals surface area contributed by atoms with Crippen molar-refractivity contribution in [2.75, 3.05) is 5.32 Å². The quantitative estimate of drug-likeness (QED) is 0.827. The van der Waals surface area contributed by atoms with E-state index in [0.717, 1.165) is 14.6 Å². The maximum absolute atomic E-state index is 11.2. The molecule has 0 aliphatic heterocycles. The van der Waals surface area contributed by atoms with Crippen LogP contribution in [0.4, 0.5) is 5.69 Å². The maximum Gasteiger partial charge on any atom is 0.248 e. The Hall–Kier alpha value is -0.610. The van der Waals surface area contributed by atoms with Crippen molar-refractivity contribution in [3.05, 3.63) is 39.3 Å². The summed E-state index contributed by atoms with van der Waals surface area (Å²) in [6.07, 6.45) is 3.18. The number of rotatable bonds is 2. The van der Waals surface area contributed by atoms with Crippen LogP contribution in [0.1, 0.15) is 6.92 Å². The Morgan fingerprint density at radius 2 is 1.86 bits per heavy atom. The monoisotopic (exact) mass is 317 g/mol. The van der Waals surface area contributed by atoms with Gasteiger partial charge in [0.25, 0.3) is 0 Å². The zero-order chi connectivity index (χ0) is 10.6. The third-order valence-electron chi connectivity index (χ3n) is 1.45. The van der Waals surface area contributed by atoms with E-state index in [9.17, 15) is 4.79 Å². The second-order valence-electron chi connectivity index (χ2n) is 2.65. The molecule has 0 fully saturated rings. The minimum absolute atomic E-state index is 0.127. The van der Waals surface area contributed by atoms with Crippen LogP contribution in [0.25, 0.3) is 0 Å². The number of carbonyl (C=O) groups excluding carboxylic acids is 1. The summed E-state index contributed by atoms with van der Waals surface area (Å²) in [5.74, 6) is -0.127. The lowest BCUT2D eigenvalue weighted by Gasteiger charge is -2.03. The highest BCUT2D eigenvalue weighted by Crippen LogP contribution is 2.23. The standard InChI is InChI=1S/C10H9Br2NO/c1-2-3-10(14)13-9-5-7(11)4-8(12)6-9/h2-6H,1H3,(H,13,14)/b3-2+. The third kappa shape index (κ3) is 3.64. The van der Waals surface area contributed by atoms with E-state index in [2.05, 4.69) is 37.2 Å². The molecule has 0 aliphatic carbocycles. The number of hydrogen-bond acceptors (Lipinski definition) is 1. The number of halogens is 2. The minimum atomic E-state index is -0.127. The molecule has 0 saturated carbocycles. The van der Waals surface area contributed by atoms with Crippen molar-refractivity contribution in [1.29, 1.82) is 0 Å². The number of hydrogen-bond donors (Lipinski definition) is 1. The van der Waals surface area contributed by atoms with E-state index in [-0.39, 0.29) is 5.91 Å². The molecule has 0 radical (unpaired) electrons. The van der Waals surface area contributed by atoms with Gasteiger partial charge in [0.1, 0.15) is 0 Å². The van der Waals surface area contributed by atoms with E-state index in [1.807, 2.05) is 18.2 Å². The van der Waals surface area contributed by atoms with Crippen LogP contribution in [-0.2, 0) is 4.79 Å². The van der Waals surface area contributed by atoms with Gasteiger partial charge in [-0.25, -0.2) is 0 Å². The van der Waals surface area contributed by atoms with Gasteiger partial charge in [-0.1, -0.05) is 37.9 Å². The van der Waals surface area contributed by atoms with Crippen LogP contribution >= 0.6 is 31.9 Å². The Bertz CT molecular complexity index is 354. The molecule has 1 amide bonds. The molecule has 4 heteroatoms. The molecule has 1 N–H and O–H groups in total. The molecule has 14 heavy (non-hydrogen) atoms. The van der Waals surface area contributed by atoms with Gasteiger partial charge in [-0.3, -0.25) is 4.79 Å². The van der Waals surface area contributed by atoms with Crippen molar-refractivity contribution >= 4 is 43.5 Å². The molecule has 2 nitrogen and oxygen atoms in total. The number of nitrogens with one attached hydrogen (secondary N) is 1. The van der Waals surface area contributed by atoms with Gasteiger partial charge in [-0.15, -0.1) is 0 Å². The largest absolute Gasteiger partial charge is 0.322 e. The second-order valence-corrected chi connectivity index (χ2v) is 4.48. The smallest absolute Gasteiger partial charge is 0.248 e. The van der Waals surface area contributed by atoms with Gasteiger partial charge in [-0.2, -0.15) is 0 Å². The van der Waals surface area contributed by atoms with E-state index in [4.69, 9.17) is 0 Å². The summed E-state index contributed by atoms with van der Waals surface area (Å²) in [7, 11) is 0. The number of anilines is 1. The topological polar surface area (TPSA) is 29.1 Å². The fourth-order valence-corrected chi connectivity index (χ4v) is 2.25.